The van der Waals surface area contributed by atoms with Crippen LogP contribution < -0.4 is 5.32 Å². The summed E-state index contributed by atoms with van der Waals surface area (Å²) >= 11 is 0. The van der Waals surface area contributed by atoms with Crippen molar-refractivity contribution in [2.24, 2.45) is 0 Å². The molecule has 1 aliphatic rings. The summed E-state index contributed by atoms with van der Waals surface area (Å²) in [5, 5.41) is 3.16. The molecule has 100 valence electrons. The summed E-state index contributed by atoms with van der Waals surface area (Å²) in [5.74, 6) is -0.297. The Morgan fingerprint density at radius 2 is 2.28 bits per heavy atom. The second-order valence-corrected chi connectivity index (χ2v) is 4.45. The molecule has 5 heteroatoms. The molecule has 0 aliphatic carbocycles. The van der Waals surface area contributed by atoms with Gasteiger partial charge in [-0.15, -0.1) is 0 Å². The molecule has 2 heterocycles. The summed E-state index contributed by atoms with van der Waals surface area (Å²) in [4.78, 5) is 6.14. The molecule has 1 fully saturated rings. The van der Waals surface area contributed by atoms with Crippen LogP contribution in [0.15, 0.2) is 18.5 Å². The van der Waals surface area contributed by atoms with Gasteiger partial charge in [-0.25, -0.2) is 4.39 Å². The Hall–Kier alpha value is -1.20. The lowest BCUT2D eigenvalue weighted by atomic mass is 10.1. The summed E-state index contributed by atoms with van der Waals surface area (Å²) in [6.07, 6.45) is 3.87. The Morgan fingerprint density at radius 1 is 1.50 bits per heavy atom. The van der Waals surface area contributed by atoms with Gasteiger partial charge in [-0.1, -0.05) is 6.92 Å². The van der Waals surface area contributed by atoms with Crippen LogP contribution in [0.1, 0.15) is 13.3 Å². The Labute approximate surface area is 107 Å². The molecule has 1 aliphatic heterocycles. The van der Waals surface area contributed by atoms with E-state index in [1.165, 1.54) is 6.20 Å². The first-order valence-electron chi connectivity index (χ1n) is 6.46. The van der Waals surface area contributed by atoms with E-state index in [4.69, 9.17) is 4.74 Å². The molecule has 0 saturated carbocycles. The number of hydrogen-bond donors (Lipinski definition) is 1. The van der Waals surface area contributed by atoms with E-state index >= 15 is 0 Å². The first-order valence-corrected chi connectivity index (χ1v) is 6.46. The van der Waals surface area contributed by atoms with E-state index in [0.717, 1.165) is 39.3 Å². The van der Waals surface area contributed by atoms with Crippen LogP contribution >= 0.6 is 0 Å². The molecular weight excluding hydrogens is 233 g/mol. The largest absolute Gasteiger partial charge is 0.381 e. The molecule has 1 N–H and O–H groups in total. The molecule has 18 heavy (non-hydrogen) atoms. The number of rotatable bonds is 5. The van der Waals surface area contributed by atoms with Gasteiger partial charge in [0.2, 0.25) is 0 Å². The lowest BCUT2D eigenvalue weighted by Crippen LogP contribution is -2.46. The molecule has 1 aromatic rings. The Bertz CT molecular complexity index is 369. The number of hydrogen-bond acceptors (Lipinski definition) is 4. The Morgan fingerprint density at radius 3 is 2.94 bits per heavy atom. The molecule has 2 rings (SSSR count). The van der Waals surface area contributed by atoms with Crippen LogP contribution in [0.3, 0.4) is 0 Å². The molecule has 1 saturated heterocycles. The molecule has 0 aromatic carbocycles. The SMILES string of the molecule is CC[C@H](CNc1ccncc1F)N1CCOCC1. The van der Waals surface area contributed by atoms with Crippen LogP contribution in [0.5, 0.6) is 0 Å². The Balaban J connectivity index is 1.88. The standard InChI is InChI=1S/C13H20FN3O/c1-2-11(17-5-7-18-8-6-17)9-16-13-3-4-15-10-12(13)14/h3-4,10-11H,2,5-9H2,1H3,(H,15,16)/t11-/m1/s1. The molecule has 1 aromatic heterocycles. The highest BCUT2D eigenvalue weighted by atomic mass is 19.1. The fraction of sp³-hybridized carbons (Fsp3) is 0.615. The van der Waals surface area contributed by atoms with Gasteiger partial charge in [0.1, 0.15) is 0 Å². The third-order valence-electron chi connectivity index (χ3n) is 3.33. The van der Waals surface area contributed by atoms with Crippen molar-refractivity contribution in [3.05, 3.63) is 24.3 Å². The van der Waals surface area contributed by atoms with Gasteiger partial charge in [-0.3, -0.25) is 9.88 Å². The minimum Gasteiger partial charge on any atom is -0.381 e. The molecule has 0 amide bonds. The fourth-order valence-corrected chi connectivity index (χ4v) is 2.22. The summed E-state index contributed by atoms with van der Waals surface area (Å²) < 4.78 is 18.8. The van der Waals surface area contributed by atoms with Gasteiger partial charge in [-0.05, 0) is 12.5 Å². The molecule has 0 spiro atoms. The van der Waals surface area contributed by atoms with Gasteiger partial charge < -0.3 is 10.1 Å². The zero-order valence-electron chi connectivity index (χ0n) is 10.7. The average Bonchev–Trinajstić information content (AvgIpc) is 2.42. The third kappa shape index (κ3) is 3.40. The highest BCUT2D eigenvalue weighted by Gasteiger charge is 2.19. The van der Waals surface area contributed by atoms with Crippen LogP contribution in [-0.4, -0.2) is 48.8 Å². The van der Waals surface area contributed by atoms with Crippen molar-refractivity contribution in [2.45, 2.75) is 19.4 Å². The van der Waals surface area contributed by atoms with Gasteiger partial charge in [0.05, 0.1) is 25.1 Å². The van der Waals surface area contributed by atoms with Gasteiger partial charge in [0, 0.05) is 31.9 Å². The van der Waals surface area contributed by atoms with E-state index in [0.29, 0.717) is 11.7 Å². The Kier molecular flexibility index (Phi) is 4.90. The van der Waals surface area contributed by atoms with Gasteiger partial charge in [0.15, 0.2) is 5.82 Å². The van der Waals surface area contributed by atoms with Crippen molar-refractivity contribution in [3.63, 3.8) is 0 Å². The first-order chi connectivity index (χ1) is 8.81. The maximum Gasteiger partial charge on any atom is 0.164 e. The van der Waals surface area contributed by atoms with Crippen LogP contribution in [0, 0.1) is 5.82 Å². The van der Waals surface area contributed by atoms with Crippen molar-refractivity contribution in [1.29, 1.82) is 0 Å². The van der Waals surface area contributed by atoms with Crippen LogP contribution in [0.4, 0.5) is 10.1 Å². The maximum absolute atomic E-state index is 13.4. The van der Waals surface area contributed by atoms with Gasteiger partial charge >= 0.3 is 0 Å². The van der Waals surface area contributed by atoms with E-state index in [1.807, 2.05) is 0 Å². The molecule has 0 radical (unpaired) electrons. The second kappa shape index (κ2) is 6.66. The van der Waals surface area contributed by atoms with E-state index in [1.54, 1.807) is 12.3 Å². The van der Waals surface area contributed by atoms with E-state index < -0.39 is 0 Å². The number of nitrogens with zero attached hydrogens (tertiary/aromatic N) is 2. The molecule has 4 nitrogen and oxygen atoms in total. The molecule has 0 bridgehead atoms. The number of nitrogens with one attached hydrogen (secondary N) is 1. The minimum atomic E-state index is -0.297. The predicted molar refractivity (Wildman–Crippen MR) is 69.2 cm³/mol. The summed E-state index contributed by atoms with van der Waals surface area (Å²) in [6, 6.07) is 2.09. The monoisotopic (exact) mass is 253 g/mol. The average molecular weight is 253 g/mol. The van der Waals surface area contributed by atoms with E-state index in [-0.39, 0.29) is 5.82 Å². The second-order valence-electron chi connectivity index (χ2n) is 4.45. The molecule has 0 unspecified atom stereocenters. The van der Waals surface area contributed by atoms with Crippen LogP contribution in [0.25, 0.3) is 0 Å². The summed E-state index contributed by atoms with van der Waals surface area (Å²) in [5.41, 5.74) is 0.525. The van der Waals surface area contributed by atoms with E-state index in [2.05, 4.69) is 22.1 Å². The van der Waals surface area contributed by atoms with Crippen molar-refractivity contribution in [2.75, 3.05) is 38.2 Å². The fourth-order valence-electron chi connectivity index (χ4n) is 2.22. The number of morpholine rings is 1. The summed E-state index contributed by atoms with van der Waals surface area (Å²) in [6.45, 7) is 6.40. The lowest BCUT2D eigenvalue weighted by molar-refractivity contribution is 0.0184. The zero-order chi connectivity index (χ0) is 12.8. The smallest absolute Gasteiger partial charge is 0.164 e. The minimum absolute atomic E-state index is 0.297. The van der Waals surface area contributed by atoms with Gasteiger partial charge in [-0.2, -0.15) is 0 Å². The molecule has 1 atom stereocenters. The number of aromatic nitrogens is 1. The zero-order valence-corrected chi connectivity index (χ0v) is 10.7. The predicted octanol–water partition coefficient (Wildman–Crippen LogP) is 1.74. The van der Waals surface area contributed by atoms with Crippen molar-refractivity contribution < 1.29 is 9.13 Å². The molecular formula is C13H20FN3O. The normalized spacial score (nSPS) is 18.6. The highest BCUT2D eigenvalue weighted by Crippen LogP contribution is 2.13. The quantitative estimate of drug-likeness (QED) is 0.867. The summed E-state index contributed by atoms with van der Waals surface area (Å²) in [7, 11) is 0. The number of ether oxygens (including phenoxy) is 1. The first kappa shape index (κ1) is 13.2. The topological polar surface area (TPSA) is 37.4 Å². The number of pyridine rings is 1. The number of halogens is 1. The van der Waals surface area contributed by atoms with Gasteiger partial charge in [0.25, 0.3) is 0 Å². The maximum atomic E-state index is 13.4. The van der Waals surface area contributed by atoms with Crippen LogP contribution in [0.2, 0.25) is 0 Å². The highest BCUT2D eigenvalue weighted by molar-refractivity contribution is 5.42. The third-order valence-corrected chi connectivity index (χ3v) is 3.33. The van der Waals surface area contributed by atoms with Crippen molar-refractivity contribution in [1.82, 2.24) is 9.88 Å². The van der Waals surface area contributed by atoms with E-state index in [9.17, 15) is 4.39 Å². The van der Waals surface area contributed by atoms with Crippen LogP contribution in [-0.2, 0) is 4.74 Å². The number of anilines is 1. The van der Waals surface area contributed by atoms with Crippen molar-refractivity contribution in [3.8, 4) is 0 Å². The lowest BCUT2D eigenvalue weighted by Gasteiger charge is -2.34. The van der Waals surface area contributed by atoms with Crippen molar-refractivity contribution >= 4 is 5.69 Å².